The molecule has 0 aliphatic rings. The first kappa shape index (κ1) is 14.8. The zero-order valence-corrected chi connectivity index (χ0v) is 10.9. The predicted molar refractivity (Wildman–Crippen MR) is 70.4 cm³/mol. The Morgan fingerprint density at radius 2 is 1.84 bits per heavy atom. The maximum absolute atomic E-state index is 11.6. The van der Waals surface area contributed by atoms with Crippen LogP contribution < -0.4 is 0 Å². The summed E-state index contributed by atoms with van der Waals surface area (Å²) in [5.41, 5.74) is 1.01. The van der Waals surface area contributed by atoms with E-state index in [4.69, 9.17) is 4.74 Å². The van der Waals surface area contributed by atoms with Crippen LogP contribution in [0.1, 0.15) is 5.56 Å². The second-order valence-electron chi connectivity index (χ2n) is 3.83. The molecule has 5 heteroatoms. The van der Waals surface area contributed by atoms with E-state index in [2.05, 4.69) is 11.3 Å². The first-order valence-corrected chi connectivity index (χ1v) is 5.84. The van der Waals surface area contributed by atoms with Crippen molar-refractivity contribution in [2.45, 2.75) is 6.54 Å². The summed E-state index contributed by atoms with van der Waals surface area (Å²) < 4.78 is 9.63. The van der Waals surface area contributed by atoms with E-state index in [9.17, 15) is 9.59 Å². The number of hydrogen-bond donors (Lipinski definition) is 0. The first-order valence-electron chi connectivity index (χ1n) is 5.84. The van der Waals surface area contributed by atoms with Gasteiger partial charge >= 0.3 is 12.1 Å². The quantitative estimate of drug-likeness (QED) is 0.447. The van der Waals surface area contributed by atoms with Crippen LogP contribution in [0.5, 0.6) is 0 Å². The first-order chi connectivity index (χ1) is 9.13. The van der Waals surface area contributed by atoms with Gasteiger partial charge in [-0.3, -0.25) is 0 Å². The number of benzene rings is 1. The maximum atomic E-state index is 11.6. The highest BCUT2D eigenvalue weighted by molar-refractivity contribution is 5.81. The average molecular weight is 263 g/mol. The minimum atomic E-state index is -0.534. The highest BCUT2D eigenvalue weighted by atomic mass is 16.6. The Morgan fingerprint density at radius 1 is 1.21 bits per heavy atom. The van der Waals surface area contributed by atoms with Crippen molar-refractivity contribution in [3.8, 4) is 0 Å². The van der Waals surface area contributed by atoms with Crippen LogP contribution in [0, 0.1) is 0 Å². The molecule has 1 aromatic rings. The summed E-state index contributed by atoms with van der Waals surface area (Å²) in [5.74, 6) is -0.534. The fourth-order valence-corrected chi connectivity index (χ4v) is 1.36. The Morgan fingerprint density at radius 3 is 2.47 bits per heavy atom. The molecule has 0 spiro atoms. The molecule has 0 N–H and O–H groups in total. The number of nitrogens with zero attached hydrogens (tertiary/aromatic N) is 1. The number of ether oxygens (including phenoxy) is 2. The molecule has 0 saturated carbocycles. The molecule has 5 nitrogen and oxygen atoms in total. The van der Waals surface area contributed by atoms with Gasteiger partial charge in [-0.25, -0.2) is 9.59 Å². The third-order valence-electron chi connectivity index (χ3n) is 2.29. The molecule has 0 fully saturated rings. The van der Waals surface area contributed by atoms with E-state index in [-0.39, 0.29) is 13.2 Å². The summed E-state index contributed by atoms with van der Waals surface area (Å²) in [4.78, 5) is 23.8. The van der Waals surface area contributed by atoms with Crippen LogP contribution >= 0.6 is 0 Å². The van der Waals surface area contributed by atoms with Crippen molar-refractivity contribution < 1.29 is 19.1 Å². The number of rotatable bonds is 6. The van der Waals surface area contributed by atoms with Crippen LogP contribution in [0.4, 0.5) is 4.79 Å². The molecule has 0 unspecified atom stereocenters. The summed E-state index contributed by atoms with van der Waals surface area (Å²) in [6.07, 6.45) is 0.599. The molecule has 0 atom stereocenters. The van der Waals surface area contributed by atoms with Crippen LogP contribution in [0.2, 0.25) is 0 Å². The minimum Gasteiger partial charge on any atom is -0.459 e. The summed E-state index contributed by atoms with van der Waals surface area (Å²) in [7, 11) is 1.64. The Hall–Kier alpha value is -2.30. The molecule has 0 radical (unpaired) electrons. The van der Waals surface area contributed by atoms with Gasteiger partial charge < -0.3 is 14.4 Å². The number of carbonyl (C=O) groups excluding carboxylic acids is 2. The van der Waals surface area contributed by atoms with E-state index in [0.29, 0.717) is 6.54 Å². The zero-order valence-electron chi connectivity index (χ0n) is 10.9. The van der Waals surface area contributed by atoms with Crippen molar-refractivity contribution in [2.75, 3.05) is 20.3 Å². The van der Waals surface area contributed by atoms with Gasteiger partial charge in [0.1, 0.15) is 13.2 Å². The highest BCUT2D eigenvalue weighted by Gasteiger charge is 2.10. The van der Waals surface area contributed by atoms with E-state index in [1.165, 1.54) is 4.90 Å². The Labute approximate surface area is 112 Å². The van der Waals surface area contributed by atoms with Gasteiger partial charge in [0, 0.05) is 19.7 Å². The average Bonchev–Trinajstić information content (AvgIpc) is 2.44. The van der Waals surface area contributed by atoms with E-state index < -0.39 is 12.1 Å². The van der Waals surface area contributed by atoms with Gasteiger partial charge in [-0.1, -0.05) is 36.9 Å². The normalized spacial score (nSPS) is 9.53. The van der Waals surface area contributed by atoms with Crippen LogP contribution in [0.25, 0.3) is 0 Å². The second kappa shape index (κ2) is 7.92. The van der Waals surface area contributed by atoms with Gasteiger partial charge in [-0.15, -0.1) is 0 Å². The Bertz CT molecular complexity index is 430. The number of esters is 1. The number of carbonyl (C=O) groups is 2. The third-order valence-corrected chi connectivity index (χ3v) is 2.29. The van der Waals surface area contributed by atoms with Gasteiger partial charge in [-0.2, -0.15) is 0 Å². The smallest absolute Gasteiger partial charge is 0.409 e. The summed E-state index contributed by atoms with van der Waals surface area (Å²) in [6.45, 7) is 3.77. The van der Waals surface area contributed by atoms with Gasteiger partial charge in [0.05, 0.1) is 0 Å². The summed E-state index contributed by atoms with van der Waals surface area (Å²) in [6, 6.07) is 9.58. The van der Waals surface area contributed by atoms with Crippen molar-refractivity contribution in [3.05, 3.63) is 48.6 Å². The molecule has 0 aromatic heterocycles. The van der Waals surface area contributed by atoms with Crippen LogP contribution in [-0.2, 0) is 20.8 Å². The molecular formula is C14H17NO4. The second-order valence-corrected chi connectivity index (χ2v) is 3.83. The lowest BCUT2D eigenvalue weighted by Crippen LogP contribution is -2.28. The predicted octanol–water partition coefficient (Wildman–Crippen LogP) is 1.98. The summed E-state index contributed by atoms with van der Waals surface area (Å²) in [5, 5.41) is 0. The summed E-state index contributed by atoms with van der Waals surface area (Å²) >= 11 is 0. The van der Waals surface area contributed by atoms with Gasteiger partial charge in [-0.05, 0) is 5.56 Å². The molecule has 0 heterocycles. The molecule has 0 aliphatic heterocycles. The fourth-order valence-electron chi connectivity index (χ4n) is 1.36. The molecule has 1 amide bonds. The monoisotopic (exact) mass is 263 g/mol. The van der Waals surface area contributed by atoms with E-state index in [1.807, 2.05) is 30.3 Å². The lowest BCUT2D eigenvalue weighted by Gasteiger charge is -2.16. The van der Waals surface area contributed by atoms with E-state index in [1.54, 1.807) is 7.05 Å². The van der Waals surface area contributed by atoms with Crippen LogP contribution in [0.15, 0.2) is 43.0 Å². The van der Waals surface area contributed by atoms with Crippen molar-refractivity contribution in [3.63, 3.8) is 0 Å². The van der Waals surface area contributed by atoms with Crippen molar-refractivity contribution in [2.24, 2.45) is 0 Å². The van der Waals surface area contributed by atoms with Crippen molar-refractivity contribution >= 4 is 12.1 Å². The third kappa shape index (κ3) is 5.72. The lowest BCUT2D eigenvalue weighted by atomic mass is 10.2. The lowest BCUT2D eigenvalue weighted by molar-refractivity contribution is -0.138. The standard InChI is InChI=1S/C14H17NO4/c1-3-13(16)18-9-10-19-14(17)15(2)11-12-7-5-4-6-8-12/h3-8H,1,9-11H2,2H3. The van der Waals surface area contributed by atoms with Gasteiger partial charge in [0.25, 0.3) is 0 Å². The molecule has 19 heavy (non-hydrogen) atoms. The maximum Gasteiger partial charge on any atom is 0.409 e. The minimum absolute atomic E-state index is 0.0236. The molecule has 1 aromatic carbocycles. The number of amides is 1. The zero-order chi connectivity index (χ0) is 14.1. The van der Waals surface area contributed by atoms with Crippen molar-refractivity contribution in [1.29, 1.82) is 0 Å². The van der Waals surface area contributed by atoms with Crippen LogP contribution in [-0.4, -0.2) is 37.2 Å². The molecule has 0 bridgehead atoms. The number of hydrogen-bond acceptors (Lipinski definition) is 4. The molecule has 0 aliphatic carbocycles. The highest BCUT2D eigenvalue weighted by Crippen LogP contribution is 2.03. The molecule has 1 rings (SSSR count). The van der Waals surface area contributed by atoms with Crippen LogP contribution in [0.3, 0.4) is 0 Å². The van der Waals surface area contributed by atoms with Crippen molar-refractivity contribution in [1.82, 2.24) is 4.90 Å². The largest absolute Gasteiger partial charge is 0.459 e. The Balaban J connectivity index is 2.25. The van der Waals surface area contributed by atoms with E-state index in [0.717, 1.165) is 11.6 Å². The van der Waals surface area contributed by atoms with E-state index >= 15 is 0 Å². The molecular weight excluding hydrogens is 246 g/mol. The SMILES string of the molecule is C=CC(=O)OCCOC(=O)N(C)Cc1ccccc1. The topological polar surface area (TPSA) is 55.8 Å². The Kier molecular flexibility index (Phi) is 6.15. The molecule has 102 valence electrons. The fraction of sp³-hybridized carbons (Fsp3) is 0.286. The van der Waals surface area contributed by atoms with Gasteiger partial charge in [0.15, 0.2) is 0 Å². The van der Waals surface area contributed by atoms with Gasteiger partial charge in [0.2, 0.25) is 0 Å². The molecule has 0 saturated heterocycles.